The van der Waals surface area contributed by atoms with Crippen molar-refractivity contribution in [2.45, 2.75) is 31.2 Å². The van der Waals surface area contributed by atoms with Crippen LogP contribution in [0.4, 0.5) is 8.78 Å². The van der Waals surface area contributed by atoms with Gasteiger partial charge >= 0.3 is 0 Å². The Labute approximate surface area is 121 Å². The van der Waals surface area contributed by atoms with E-state index in [1.165, 1.54) is 0 Å². The summed E-state index contributed by atoms with van der Waals surface area (Å²) in [6.07, 6.45) is 0.692. The minimum Gasteiger partial charge on any atom is -0.478 e. The van der Waals surface area contributed by atoms with Gasteiger partial charge in [0.1, 0.15) is 0 Å². The van der Waals surface area contributed by atoms with Crippen molar-refractivity contribution in [3.63, 3.8) is 0 Å². The molecule has 0 bridgehead atoms. The first-order valence-corrected chi connectivity index (χ1v) is 7.63. The highest BCUT2D eigenvalue weighted by Crippen LogP contribution is 2.24. The summed E-state index contributed by atoms with van der Waals surface area (Å²) in [6.45, 7) is 3.03. The number of rotatable bonds is 6. The summed E-state index contributed by atoms with van der Waals surface area (Å²) < 4.78 is 54.0. The van der Waals surface area contributed by atoms with E-state index in [2.05, 4.69) is 5.32 Å². The molecular formula is C12H16F2N2O4S. The third kappa shape index (κ3) is 4.94. The molecule has 9 heteroatoms. The molecule has 1 atom stereocenters. The van der Waals surface area contributed by atoms with Gasteiger partial charge in [0.15, 0.2) is 24.0 Å². The first-order chi connectivity index (χ1) is 9.65. The molecule has 1 unspecified atom stereocenters. The van der Waals surface area contributed by atoms with Gasteiger partial charge in [-0.05, 0) is 25.5 Å². The predicted molar refractivity (Wildman–Crippen MR) is 71.1 cm³/mol. The fourth-order valence-corrected chi connectivity index (χ4v) is 1.93. The van der Waals surface area contributed by atoms with E-state index in [1.54, 1.807) is 6.92 Å². The molecular weight excluding hydrogens is 306 g/mol. The van der Waals surface area contributed by atoms with E-state index in [0.717, 1.165) is 0 Å². The van der Waals surface area contributed by atoms with Gasteiger partial charge in [-0.2, -0.15) is 0 Å². The number of sulfonamides is 1. The zero-order valence-corrected chi connectivity index (χ0v) is 12.3. The maximum Gasteiger partial charge on any atom is 0.258 e. The number of carbonyl (C=O) groups excluding carboxylic acids is 1. The molecule has 118 valence electrons. The molecule has 0 aliphatic carbocycles. The lowest BCUT2D eigenvalue weighted by Crippen LogP contribution is -2.35. The van der Waals surface area contributed by atoms with Crippen molar-refractivity contribution >= 4 is 15.9 Å². The van der Waals surface area contributed by atoms with Crippen LogP contribution in [0, 0.1) is 11.6 Å². The van der Waals surface area contributed by atoms with Crippen LogP contribution in [0.2, 0.25) is 0 Å². The molecule has 0 aliphatic heterocycles. The third-order valence-electron chi connectivity index (χ3n) is 2.67. The van der Waals surface area contributed by atoms with Crippen molar-refractivity contribution in [2.24, 2.45) is 5.14 Å². The summed E-state index contributed by atoms with van der Waals surface area (Å²) in [7, 11) is -4.23. The van der Waals surface area contributed by atoms with Crippen LogP contribution in [0.15, 0.2) is 17.0 Å². The second-order valence-corrected chi connectivity index (χ2v) is 5.99. The number of nitrogens with one attached hydrogen (secondary N) is 1. The van der Waals surface area contributed by atoms with E-state index in [9.17, 15) is 22.0 Å². The number of ether oxygens (including phenoxy) is 1. The minimum absolute atomic E-state index is 0.0967. The van der Waals surface area contributed by atoms with Crippen LogP contribution in [-0.2, 0) is 14.8 Å². The Bertz CT molecular complexity index is 611. The minimum atomic E-state index is -4.23. The lowest BCUT2D eigenvalue weighted by atomic mass is 10.2. The normalized spacial score (nSPS) is 12.8. The van der Waals surface area contributed by atoms with Crippen molar-refractivity contribution in [3.05, 3.63) is 23.8 Å². The van der Waals surface area contributed by atoms with Gasteiger partial charge in [-0.1, -0.05) is 6.92 Å². The van der Waals surface area contributed by atoms with Crippen molar-refractivity contribution in [1.29, 1.82) is 0 Å². The monoisotopic (exact) mass is 322 g/mol. The quantitative estimate of drug-likeness (QED) is 0.813. The molecule has 0 radical (unpaired) electrons. The summed E-state index contributed by atoms with van der Waals surface area (Å²) in [5.41, 5.74) is 0. The van der Waals surface area contributed by atoms with Gasteiger partial charge in [-0.15, -0.1) is 0 Å². The van der Waals surface area contributed by atoms with Crippen LogP contribution in [0.1, 0.15) is 20.3 Å². The second kappa shape index (κ2) is 6.81. The molecule has 3 N–H and O–H groups in total. The van der Waals surface area contributed by atoms with Gasteiger partial charge < -0.3 is 10.1 Å². The van der Waals surface area contributed by atoms with Crippen molar-refractivity contribution in [2.75, 3.05) is 6.61 Å². The average Bonchev–Trinajstić information content (AvgIpc) is 2.36. The molecule has 21 heavy (non-hydrogen) atoms. The molecule has 1 aromatic rings. The van der Waals surface area contributed by atoms with E-state index < -0.39 is 44.8 Å². The lowest BCUT2D eigenvalue weighted by Gasteiger charge is -2.13. The molecule has 0 saturated heterocycles. The Morgan fingerprint density at radius 2 is 1.90 bits per heavy atom. The van der Waals surface area contributed by atoms with Crippen molar-refractivity contribution < 1.29 is 26.7 Å². The lowest BCUT2D eigenvalue weighted by molar-refractivity contribution is -0.123. The van der Waals surface area contributed by atoms with Crippen LogP contribution in [-0.4, -0.2) is 27.0 Å². The van der Waals surface area contributed by atoms with E-state index in [4.69, 9.17) is 9.88 Å². The number of nitrogens with two attached hydrogens (primary N) is 1. The zero-order chi connectivity index (χ0) is 16.2. The molecule has 0 saturated carbocycles. The van der Waals surface area contributed by atoms with E-state index >= 15 is 0 Å². The van der Waals surface area contributed by atoms with Crippen LogP contribution >= 0.6 is 0 Å². The number of carbonyl (C=O) groups is 1. The summed E-state index contributed by atoms with van der Waals surface area (Å²) in [5, 5.41) is 7.32. The summed E-state index contributed by atoms with van der Waals surface area (Å²) >= 11 is 0. The predicted octanol–water partition coefficient (Wildman–Crippen LogP) is 0.906. The standard InChI is InChI=1S/C12H16F2N2O4S/c1-3-7(2)16-11(17)6-20-12-9(13)4-8(5-10(12)14)21(15,18)19/h4-5,7H,3,6H2,1-2H3,(H,16,17)(H2,15,18,19). The van der Waals surface area contributed by atoms with Gasteiger partial charge in [0.05, 0.1) is 4.90 Å². The maximum atomic E-state index is 13.6. The summed E-state index contributed by atoms with van der Waals surface area (Å²) in [5.74, 6) is -3.88. The Morgan fingerprint density at radius 3 is 2.33 bits per heavy atom. The van der Waals surface area contributed by atoms with Crippen LogP contribution in [0.25, 0.3) is 0 Å². The van der Waals surface area contributed by atoms with Crippen molar-refractivity contribution in [1.82, 2.24) is 5.32 Å². The molecule has 1 amide bonds. The highest BCUT2D eigenvalue weighted by atomic mass is 32.2. The number of amides is 1. The molecule has 0 spiro atoms. The third-order valence-corrected chi connectivity index (χ3v) is 3.56. The zero-order valence-electron chi connectivity index (χ0n) is 11.5. The van der Waals surface area contributed by atoms with Crippen LogP contribution in [0.5, 0.6) is 5.75 Å². The van der Waals surface area contributed by atoms with Gasteiger partial charge in [0, 0.05) is 6.04 Å². The Morgan fingerprint density at radius 1 is 1.38 bits per heavy atom. The SMILES string of the molecule is CCC(C)NC(=O)COc1c(F)cc(S(N)(=O)=O)cc1F. The Balaban J connectivity index is 2.84. The average molecular weight is 322 g/mol. The summed E-state index contributed by atoms with van der Waals surface area (Å²) in [4.78, 5) is 10.7. The van der Waals surface area contributed by atoms with Crippen molar-refractivity contribution in [3.8, 4) is 5.75 Å². The van der Waals surface area contributed by atoms with Crippen LogP contribution in [0.3, 0.4) is 0 Å². The smallest absolute Gasteiger partial charge is 0.258 e. The first-order valence-electron chi connectivity index (χ1n) is 6.09. The first kappa shape index (κ1) is 17.3. The second-order valence-electron chi connectivity index (χ2n) is 4.43. The fraction of sp³-hybridized carbons (Fsp3) is 0.417. The maximum absolute atomic E-state index is 13.6. The molecule has 6 nitrogen and oxygen atoms in total. The van der Waals surface area contributed by atoms with E-state index in [-0.39, 0.29) is 6.04 Å². The molecule has 0 heterocycles. The largest absolute Gasteiger partial charge is 0.478 e. The molecule has 0 aromatic heterocycles. The fourth-order valence-electron chi connectivity index (χ4n) is 1.40. The Hall–Kier alpha value is -1.74. The molecule has 0 aliphatic rings. The van der Waals surface area contributed by atoms with Gasteiger partial charge in [0.2, 0.25) is 10.0 Å². The number of halogens is 2. The van der Waals surface area contributed by atoms with Crippen LogP contribution < -0.4 is 15.2 Å². The highest BCUT2D eigenvalue weighted by Gasteiger charge is 2.19. The van der Waals surface area contributed by atoms with Gasteiger partial charge in [-0.25, -0.2) is 22.3 Å². The number of hydrogen-bond acceptors (Lipinski definition) is 4. The summed E-state index contributed by atoms with van der Waals surface area (Å²) in [6, 6.07) is 0.959. The molecule has 0 fully saturated rings. The number of benzene rings is 1. The topological polar surface area (TPSA) is 98.5 Å². The number of hydrogen-bond donors (Lipinski definition) is 2. The highest BCUT2D eigenvalue weighted by molar-refractivity contribution is 7.89. The van der Waals surface area contributed by atoms with Gasteiger partial charge in [-0.3, -0.25) is 4.79 Å². The molecule has 1 rings (SSSR count). The van der Waals surface area contributed by atoms with Gasteiger partial charge in [0.25, 0.3) is 5.91 Å². The molecule has 1 aromatic carbocycles. The Kier molecular flexibility index (Phi) is 5.62. The van der Waals surface area contributed by atoms with E-state index in [0.29, 0.717) is 18.6 Å². The van der Waals surface area contributed by atoms with E-state index in [1.807, 2.05) is 6.92 Å². The number of primary sulfonamides is 1.